The van der Waals surface area contributed by atoms with E-state index in [0.717, 1.165) is 5.69 Å². The largest absolute Gasteiger partial charge is 0.497 e. The number of nitrogens with zero attached hydrogens (tertiary/aromatic N) is 4. The number of carbonyl (C=O) groups excluding carboxylic acids is 1. The molecule has 0 spiro atoms. The van der Waals surface area contributed by atoms with Crippen molar-refractivity contribution < 1.29 is 9.53 Å². The number of rotatable bonds is 6. The van der Waals surface area contributed by atoms with Crippen molar-refractivity contribution in [1.29, 1.82) is 0 Å². The standard InChI is InChI=1S/C17H17N5O2S/c1-12(16(23)18-13-7-6-10-15(11-13)24-2)25-17-19-20-21-22(17)14-8-4-3-5-9-14/h3-12H,1-2H3,(H,18,23)/t12-/m1/s1. The Labute approximate surface area is 149 Å². The summed E-state index contributed by atoms with van der Waals surface area (Å²) in [6.07, 6.45) is 0. The minimum atomic E-state index is -0.375. The zero-order valence-corrected chi connectivity index (χ0v) is 14.6. The number of carbonyl (C=O) groups is 1. The van der Waals surface area contributed by atoms with Crippen LogP contribution in [-0.2, 0) is 4.79 Å². The van der Waals surface area contributed by atoms with Gasteiger partial charge >= 0.3 is 0 Å². The fourth-order valence-corrected chi connectivity index (χ4v) is 2.95. The van der Waals surface area contributed by atoms with Crippen LogP contribution in [0.15, 0.2) is 59.8 Å². The summed E-state index contributed by atoms with van der Waals surface area (Å²) in [5.74, 6) is 0.548. The maximum Gasteiger partial charge on any atom is 0.237 e. The lowest BCUT2D eigenvalue weighted by Crippen LogP contribution is -2.22. The first kappa shape index (κ1) is 17.0. The number of thioether (sulfide) groups is 1. The summed E-state index contributed by atoms with van der Waals surface area (Å²) in [4.78, 5) is 12.4. The van der Waals surface area contributed by atoms with E-state index in [4.69, 9.17) is 4.74 Å². The van der Waals surface area contributed by atoms with Crippen LogP contribution in [0.2, 0.25) is 0 Å². The van der Waals surface area contributed by atoms with E-state index in [1.54, 1.807) is 17.9 Å². The average Bonchev–Trinajstić information content (AvgIpc) is 3.10. The molecule has 0 unspecified atom stereocenters. The molecule has 0 saturated heterocycles. The summed E-state index contributed by atoms with van der Waals surface area (Å²) in [5.41, 5.74) is 1.52. The lowest BCUT2D eigenvalue weighted by atomic mass is 10.3. The van der Waals surface area contributed by atoms with Crippen LogP contribution < -0.4 is 10.1 Å². The van der Waals surface area contributed by atoms with Crippen molar-refractivity contribution in [2.45, 2.75) is 17.3 Å². The molecule has 0 aliphatic carbocycles. The van der Waals surface area contributed by atoms with Crippen LogP contribution in [-0.4, -0.2) is 38.5 Å². The van der Waals surface area contributed by atoms with E-state index >= 15 is 0 Å². The van der Waals surface area contributed by atoms with Crippen molar-refractivity contribution >= 4 is 23.4 Å². The Hall–Kier alpha value is -2.87. The molecule has 0 bridgehead atoms. The number of benzene rings is 2. The van der Waals surface area contributed by atoms with Gasteiger partial charge in [0, 0.05) is 11.8 Å². The number of aromatic nitrogens is 4. The third-order valence-corrected chi connectivity index (χ3v) is 4.46. The second kappa shape index (κ2) is 7.80. The van der Waals surface area contributed by atoms with Gasteiger partial charge in [-0.1, -0.05) is 36.0 Å². The number of nitrogens with one attached hydrogen (secondary N) is 1. The summed E-state index contributed by atoms with van der Waals surface area (Å²) < 4.78 is 6.77. The summed E-state index contributed by atoms with van der Waals surface area (Å²) in [6, 6.07) is 16.8. The van der Waals surface area contributed by atoms with Crippen LogP contribution in [0.25, 0.3) is 5.69 Å². The first-order valence-corrected chi connectivity index (χ1v) is 8.50. The van der Waals surface area contributed by atoms with E-state index in [1.807, 2.05) is 55.5 Å². The average molecular weight is 355 g/mol. The van der Waals surface area contributed by atoms with E-state index in [1.165, 1.54) is 11.8 Å². The minimum absolute atomic E-state index is 0.138. The second-order valence-electron chi connectivity index (χ2n) is 5.19. The zero-order chi connectivity index (χ0) is 17.6. The molecule has 8 heteroatoms. The molecule has 1 N–H and O–H groups in total. The van der Waals surface area contributed by atoms with E-state index in [-0.39, 0.29) is 11.2 Å². The third-order valence-electron chi connectivity index (χ3n) is 3.43. The molecule has 0 radical (unpaired) electrons. The maximum atomic E-state index is 12.4. The van der Waals surface area contributed by atoms with E-state index < -0.39 is 0 Å². The third kappa shape index (κ3) is 4.16. The minimum Gasteiger partial charge on any atom is -0.497 e. The van der Waals surface area contributed by atoms with E-state index in [0.29, 0.717) is 16.6 Å². The number of hydrogen-bond acceptors (Lipinski definition) is 6. The van der Waals surface area contributed by atoms with Crippen LogP contribution in [0.4, 0.5) is 5.69 Å². The molecule has 1 heterocycles. The molecule has 3 aromatic rings. The fourth-order valence-electron chi connectivity index (χ4n) is 2.14. The molecule has 0 aliphatic rings. The van der Waals surface area contributed by atoms with Gasteiger partial charge < -0.3 is 10.1 Å². The molecule has 1 atom stereocenters. The Bertz CT molecular complexity index is 853. The Morgan fingerprint density at radius 1 is 1.20 bits per heavy atom. The van der Waals surface area contributed by atoms with Crippen molar-refractivity contribution in [3.63, 3.8) is 0 Å². The highest BCUT2D eigenvalue weighted by Crippen LogP contribution is 2.24. The smallest absolute Gasteiger partial charge is 0.237 e. The molecule has 2 aromatic carbocycles. The summed E-state index contributed by atoms with van der Waals surface area (Å²) in [6.45, 7) is 1.81. The Kier molecular flexibility index (Phi) is 5.30. The van der Waals surface area contributed by atoms with Crippen molar-refractivity contribution in [3.8, 4) is 11.4 Å². The molecule has 0 aliphatic heterocycles. The molecule has 0 saturated carbocycles. The molecule has 3 rings (SSSR count). The van der Waals surface area contributed by atoms with Crippen LogP contribution >= 0.6 is 11.8 Å². The first-order valence-electron chi connectivity index (χ1n) is 7.63. The summed E-state index contributed by atoms with van der Waals surface area (Å²) >= 11 is 1.29. The lowest BCUT2D eigenvalue weighted by Gasteiger charge is -2.12. The number of para-hydroxylation sites is 1. The number of hydrogen-bond donors (Lipinski definition) is 1. The topological polar surface area (TPSA) is 81.9 Å². The van der Waals surface area contributed by atoms with Crippen LogP contribution in [0.3, 0.4) is 0 Å². The van der Waals surface area contributed by atoms with Gasteiger partial charge in [0.2, 0.25) is 11.1 Å². The highest BCUT2D eigenvalue weighted by atomic mass is 32.2. The molecular formula is C17H17N5O2S. The van der Waals surface area contributed by atoms with Gasteiger partial charge in [-0.2, -0.15) is 4.68 Å². The van der Waals surface area contributed by atoms with Gasteiger partial charge in [0.25, 0.3) is 0 Å². The number of ether oxygens (including phenoxy) is 1. The van der Waals surface area contributed by atoms with Crippen LogP contribution in [0.5, 0.6) is 5.75 Å². The second-order valence-corrected chi connectivity index (χ2v) is 6.50. The van der Waals surface area contributed by atoms with Gasteiger partial charge in [-0.25, -0.2) is 0 Å². The quantitative estimate of drug-likeness (QED) is 0.685. The Balaban J connectivity index is 1.69. The van der Waals surface area contributed by atoms with Gasteiger partial charge in [-0.05, 0) is 41.6 Å². The number of methoxy groups -OCH3 is 1. The van der Waals surface area contributed by atoms with Gasteiger partial charge in [0.1, 0.15) is 5.75 Å². The number of amides is 1. The van der Waals surface area contributed by atoms with Gasteiger partial charge in [-0.3, -0.25) is 4.79 Å². The summed E-state index contributed by atoms with van der Waals surface area (Å²) in [5, 5.41) is 14.8. The van der Waals surface area contributed by atoms with E-state index in [9.17, 15) is 4.79 Å². The number of tetrazole rings is 1. The monoisotopic (exact) mass is 355 g/mol. The van der Waals surface area contributed by atoms with Crippen LogP contribution in [0, 0.1) is 0 Å². The first-order chi connectivity index (χ1) is 12.2. The highest BCUT2D eigenvalue weighted by molar-refractivity contribution is 8.00. The van der Waals surface area contributed by atoms with Gasteiger partial charge in [-0.15, -0.1) is 5.10 Å². The normalized spacial score (nSPS) is 11.8. The van der Waals surface area contributed by atoms with E-state index in [2.05, 4.69) is 20.8 Å². The van der Waals surface area contributed by atoms with Gasteiger partial charge in [0.15, 0.2) is 0 Å². The molecule has 1 aromatic heterocycles. The van der Waals surface area contributed by atoms with Crippen molar-refractivity contribution in [2.24, 2.45) is 0 Å². The van der Waals surface area contributed by atoms with Gasteiger partial charge in [0.05, 0.1) is 18.0 Å². The molecule has 7 nitrogen and oxygen atoms in total. The zero-order valence-electron chi connectivity index (χ0n) is 13.8. The lowest BCUT2D eigenvalue weighted by molar-refractivity contribution is -0.115. The van der Waals surface area contributed by atoms with Crippen LogP contribution in [0.1, 0.15) is 6.92 Å². The Morgan fingerprint density at radius 2 is 2.00 bits per heavy atom. The fraction of sp³-hybridized carbons (Fsp3) is 0.176. The summed E-state index contributed by atoms with van der Waals surface area (Å²) in [7, 11) is 1.59. The van der Waals surface area contributed by atoms with Crippen molar-refractivity contribution in [3.05, 3.63) is 54.6 Å². The highest BCUT2D eigenvalue weighted by Gasteiger charge is 2.19. The molecule has 1 amide bonds. The predicted octanol–water partition coefficient (Wildman–Crippen LogP) is 2.79. The predicted molar refractivity (Wildman–Crippen MR) is 96.1 cm³/mol. The maximum absolute atomic E-state index is 12.4. The Morgan fingerprint density at radius 3 is 2.76 bits per heavy atom. The number of anilines is 1. The molecule has 128 valence electrons. The molecule has 25 heavy (non-hydrogen) atoms. The van der Waals surface area contributed by atoms with Crippen molar-refractivity contribution in [2.75, 3.05) is 12.4 Å². The molecule has 0 fully saturated rings. The SMILES string of the molecule is COc1cccc(NC(=O)[C@@H](C)Sc2nnnn2-c2ccccc2)c1. The van der Waals surface area contributed by atoms with Crippen molar-refractivity contribution in [1.82, 2.24) is 20.2 Å². The molecular weight excluding hydrogens is 338 g/mol.